The summed E-state index contributed by atoms with van der Waals surface area (Å²) in [5, 5.41) is 0. The van der Waals surface area contributed by atoms with Crippen molar-refractivity contribution in [3.05, 3.63) is 59.2 Å². The van der Waals surface area contributed by atoms with E-state index in [2.05, 4.69) is 0 Å². The molecule has 29 heavy (non-hydrogen) atoms. The van der Waals surface area contributed by atoms with E-state index in [0.717, 1.165) is 23.4 Å². The minimum Gasteiger partial charge on any atom is -0.373 e. The van der Waals surface area contributed by atoms with E-state index in [1.165, 1.54) is 23.9 Å². The third-order valence-corrected chi connectivity index (χ3v) is 7.58. The van der Waals surface area contributed by atoms with Crippen LogP contribution in [-0.2, 0) is 20.8 Å². The van der Waals surface area contributed by atoms with Crippen molar-refractivity contribution in [3.8, 4) is 0 Å². The Hall–Kier alpha value is -1.51. The van der Waals surface area contributed by atoms with Gasteiger partial charge in [-0.25, -0.2) is 8.42 Å². The van der Waals surface area contributed by atoms with E-state index in [0.29, 0.717) is 24.3 Å². The van der Waals surface area contributed by atoms with Crippen molar-refractivity contribution < 1.29 is 26.3 Å². The molecule has 0 saturated carbocycles. The van der Waals surface area contributed by atoms with Crippen LogP contribution in [0.2, 0.25) is 0 Å². The monoisotopic (exact) mass is 444 g/mol. The first kappa shape index (κ1) is 22.2. The number of rotatable bonds is 4. The van der Waals surface area contributed by atoms with Crippen LogP contribution in [0.15, 0.2) is 52.3 Å². The van der Waals surface area contributed by atoms with Gasteiger partial charge in [-0.05, 0) is 68.1 Å². The number of benzene rings is 2. The zero-order valence-corrected chi connectivity index (χ0v) is 18.0. The molecule has 8 heteroatoms. The van der Waals surface area contributed by atoms with Crippen LogP contribution in [0.3, 0.4) is 0 Å². The zero-order valence-electron chi connectivity index (χ0n) is 16.4. The Balaban J connectivity index is 1.85. The van der Waals surface area contributed by atoms with Crippen molar-refractivity contribution in [2.75, 3.05) is 12.9 Å². The number of aryl methyl sites for hydroxylation is 1. The van der Waals surface area contributed by atoms with Crippen LogP contribution in [0.5, 0.6) is 0 Å². The molecular formula is C21H23F3O3S2. The van der Waals surface area contributed by atoms with Crippen LogP contribution in [0, 0.1) is 6.92 Å². The lowest BCUT2D eigenvalue weighted by Gasteiger charge is -2.38. The molecule has 0 N–H and O–H groups in total. The highest BCUT2D eigenvalue weighted by Gasteiger charge is 2.36. The highest BCUT2D eigenvalue weighted by Crippen LogP contribution is 2.47. The standard InChI is InChI=1S/C21H23F3O3S2/c1-14-7-8-17(29(3,25)26)12-18(14)19-13-20(2,9-10-27-19)28-16-6-4-5-15(11-16)21(22,23)24/h4-8,11-12,19H,9-10,13H2,1-3H3. The summed E-state index contributed by atoms with van der Waals surface area (Å²) >= 11 is 1.41. The Morgan fingerprint density at radius 1 is 1.17 bits per heavy atom. The van der Waals surface area contributed by atoms with E-state index in [9.17, 15) is 21.6 Å². The quantitative estimate of drug-likeness (QED) is 0.596. The molecule has 3 nitrogen and oxygen atoms in total. The summed E-state index contributed by atoms with van der Waals surface area (Å²) in [5.74, 6) is 0. The van der Waals surface area contributed by atoms with Crippen molar-refractivity contribution in [2.24, 2.45) is 0 Å². The van der Waals surface area contributed by atoms with Gasteiger partial charge < -0.3 is 4.74 Å². The van der Waals surface area contributed by atoms with Crippen LogP contribution in [0.4, 0.5) is 13.2 Å². The fraction of sp³-hybridized carbons (Fsp3) is 0.429. The minimum atomic E-state index is -4.38. The largest absolute Gasteiger partial charge is 0.416 e. The van der Waals surface area contributed by atoms with Crippen molar-refractivity contribution in [3.63, 3.8) is 0 Å². The second-order valence-electron chi connectivity index (χ2n) is 7.68. The van der Waals surface area contributed by atoms with Crippen LogP contribution in [-0.4, -0.2) is 26.0 Å². The van der Waals surface area contributed by atoms with E-state index in [1.54, 1.807) is 24.3 Å². The lowest BCUT2D eigenvalue weighted by Crippen LogP contribution is -2.32. The van der Waals surface area contributed by atoms with Gasteiger partial charge in [-0.2, -0.15) is 13.2 Å². The number of thioether (sulfide) groups is 1. The molecule has 0 aromatic heterocycles. The summed E-state index contributed by atoms with van der Waals surface area (Å²) in [5.41, 5.74) is 1.07. The average molecular weight is 445 g/mol. The van der Waals surface area contributed by atoms with Crippen LogP contribution in [0.25, 0.3) is 0 Å². The van der Waals surface area contributed by atoms with Crippen molar-refractivity contribution in [1.82, 2.24) is 0 Å². The van der Waals surface area contributed by atoms with Gasteiger partial charge >= 0.3 is 6.18 Å². The van der Waals surface area contributed by atoms with Gasteiger partial charge in [0.15, 0.2) is 9.84 Å². The molecule has 2 atom stereocenters. The van der Waals surface area contributed by atoms with Gasteiger partial charge in [0.1, 0.15) is 0 Å². The van der Waals surface area contributed by atoms with E-state index in [-0.39, 0.29) is 15.7 Å². The molecule has 0 bridgehead atoms. The maximum Gasteiger partial charge on any atom is 0.416 e. The molecule has 1 heterocycles. The molecule has 2 aromatic carbocycles. The van der Waals surface area contributed by atoms with E-state index in [1.807, 2.05) is 13.8 Å². The third-order valence-electron chi connectivity index (χ3n) is 5.12. The van der Waals surface area contributed by atoms with Crippen molar-refractivity contribution >= 4 is 21.6 Å². The Labute approximate surface area is 173 Å². The fourth-order valence-electron chi connectivity index (χ4n) is 3.48. The lowest BCUT2D eigenvalue weighted by atomic mass is 9.90. The molecule has 2 unspecified atom stereocenters. The predicted molar refractivity (Wildman–Crippen MR) is 108 cm³/mol. The topological polar surface area (TPSA) is 43.4 Å². The smallest absolute Gasteiger partial charge is 0.373 e. The van der Waals surface area contributed by atoms with Crippen LogP contribution in [0.1, 0.15) is 42.6 Å². The molecule has 3 rings (SSSR count). The Morgan fingerprint density at radius 2 is 1.90 bits per heavy atom. The first-order valence-electron chi connectivity index (χ1n) is 9.16. The lowest BCUT2D eigenvalue weighted by molar-refractivity contribution is -0.137. The van der Waals surface area contributed by atoms with Gasteiger partial charge in [0.25, 0.3) is 0 Å². The summed E-state index contributed by atoms with van der Waals surface area (Å²) in [6, 6.07) is 10.3. The summed E-state index contributed by atoms with van der Waals surface area (Å²) in [6.45, 7) is 4.37. The van der Waals surface area contributed by atoms with Gasteiger partial charge in [-0.15, -0.1) is 11.8 Å². The second-order valence-corrected chi connectivity index (χ2v) is 11.4. The first-order valence-corrected chi connectivity index (χ1v) is 11.9. The summed E-state index contributed by atoms with van der Waals surface area (Å²) in [7, 11) is -3.34. The molecule has 1 fully saturated rings. The van der Waals surface area contributed by atoms with Crippen molar-refractivity contribution in [2.45, 2.75) is 53.5 Å². The number of ether oxygens (including phenoxy) is 1. The third kappa shape index (κ3) is 5.35. The number of alkyl halides is 3. The Bertz CT molecular complexity index is 1000. The summed E-state index contributed by atoms with van der Waals surface area (Å²) < 4.78 is 68.5. The van der Waals surface area contributed by atoms with Crippen LogP contribution >= 0.6 is 11.8 Å². The minimum absolute atomic E-state index is 0.236. The number of halogens is 3. The Morgan fingerprint density at radius 3 is 2.55 bits per heavy atom. The van der Waals surface area contributed by atoms with E-state index >= 15 is 0 Å². The highest BCUT2D eigenvalue weighted by molar-refractivity contribution is 8.00. The average Bonchev–Trinajstić information content (AvgIpc) is 2.60. The number of sulfone groups is 1. The maximum atomic E-state index is 13.0. The fourth-order valence-corrected chi connectivity index (χ4v) is 5.46. The maximum absolute atomic E-state index is 13.0. The molecule has 0 radical (unpaired) electrons. The highest BCUT2D eigenvalue weighted by atomic mass is 32.2. The second kappa shape index (κ2) is 7.96. The van der Waals surface area contributed by atoms with Gasteiger partial charge in [-0.1, -0.05) is 12.1 Å². The molecule has 0 amide bonds. The normalized spacial score (nSPS) is 23.2. The van der Waals surface area contributed by atoms with E-state index < -0.39 is 21.6 Å². The molecule has 2 aromatic rings. The molecule has 0 aliphatic carbocycles. The summed E-state index contributed by atoms with van der Waals surface area (Å²) in [6.07, 6.45) is -2.26. The van der Waals surface area contributed by atoms with E-state index in [4.69, 9.17) is 4.74 Å². The van der Waals surface area contributed by atoms with Gasteiger partial charge in [0, 0.05) is 22.5 Å². The molecule has 1 saturated heterocycles. The van der Waals surface area contributed by atoms with Crippen LogP contribution < -0.4 is 0 Å². The van der Waals surface area contributed by atoms with Gasteiger partial charge in [0.2, 0.25) is 0 Å². The Kier molecular flexibility index (Phi) is 6.09. The predicted octanol–water partition coefficient (Wildman–Crippen LogP) is 5.82. The SMILES string of the molecule is Cc1ccc(S(C)(=O)=O)cc1C1CC(C)(Sc2cccc(C(F)(F)F)c2)CCO1. The number of hydrogen-bond acceptors (Lipinski definition) is 4. The number of hydrogen-bond donors (Lipinski definition) is 0. The molecule has 1 aliphatic heterocycles. The first-order chi connectivity index (χ1) is 13.4. The molecule has 1 aliphatic rings. The molecule has 158 valence electrons. The zero-order chi connectivity index (χ0) is 21.4. The summed E-state index contributed by atoms with van der Waals surface area (Å²) in [4.78, 5) is 0.795. The van der Waals surface area contributed by atoms with Gasteiger partial charge in [-0.3, -0.25) is 0 Å². The van der Waals surface area contributed by atoms with Crippen molar-refractivity contribution in [1.29, 1.82) is 0 Å². The molecule has 0 spiro atoms. The molecular weight excluding hydrogens is 421 g/mol. The van der Waals surface area contributed by atoms with Gasteiger partial charge in [0.05, 0.1) is 16.6 Å².